The summed E-state index contributed by atoms with van der Waals surface area (Å²) < 4.78 is 34.4. The van der Waals surface area contributed by atoms with Crippen LogP contribution in [0.15, 0.2) is 24.3 Å². The molecular weight excluding hydrogens is 276 g/mol. The van der Waals surface area contributed by atoms with Crippen molar-refractivity contribution in [3.8, 4) is 0 Å². The Labute approximate surface area is 124 Å². The van der Waals surface area contributed by atoms with Crippen molar-refractivity contribution in [2.75, 3.05) is 41.2 Å². The lowest BCUT2D eigenvalue weighted by Gasteiger charge is -2.53. The van der Waals surface area contributed by atoms with Gasteiger partial charge >= 0.3 is 0 Å². The Morgan fingerprint density at radius 3 is 1.62 bits per heavy atom. The first-order valence-corrected chi connectivity index (χ1v) is 6.99. The van der Waals surface area contributed by atoms with Crippen LogP contribution in [-0.2, 0) is 28.4 Å². The van der Waals surface area contributed by atoms with E-state index in [0.29, 0.717) is 19.8 Å². The van der Waals surface area contributed by atoms with Crippen LogP contribution in [0.25, 0.3) is 0 Å². The van der Waals surface area contributed by atoms with E-state index in [9.17, 15) is 0 Å². The maximum Gasteiger partial charge on any atom is 0.248 e. The summed E-state index contributed by atoms with van der Waals surface area (Å²) in [5.41, 5.74) is -1.12. The molecule has 2 saturated heterocycles. The van der Waals surface area contributed by atoms with Crippen LogP contribution < -0.4 is 0 Å². The Morgan fingerprint density at radius 2 is 1.29 bits per heavy atom. The summed E-state index contributed by atoms with van der Waals surface area (Å²) in [6.45, 7) is 3.36. The molecule has 0 aromatic carbocycles. The zero-order valence-corrected chi connectivity index (χ0v) is 12.9. The summed E-state index contributed by atoms with van der Waals surface area (Å²) in [6.07, 6.45) is 7.39. The molecule has 6 nitrogen and oxygen atoms in total. The lowest BCUT2D eigenvalue weighted by molar-refractivity contribution is -0.389. The summed E-state index contributed by atoms with van der Waals surface area (Å²) in [5, 5.41) is 0. The van der Waals surface area contributed by atoms with Crippen LogP contribution in [0, 0.1) is 0 Å². The molecule has 0 aromatic heterocycles. The topological polar surface area (TPSA) is 55.4 Å². The first-order valence-electron chi connectivity index (χ1n) is 6.99. The standard InChI is InChI=1S/C15H22O6/c1-12(16-2)11-21-13(12)5-7-14(17-3)15(18-4,8-6-13)20-10-9-19-14/h5-8H,9-11H2,1-4H3/t12?,14-,15-/m1/s1. The summed E-state index contributed by atoms with van der Waals surface area (Å²) in [7, 11) is 4.81. The van der Waals surface area contributed by atoms with E-state index in [1.807, 2.05) is 19.1 Å². The van der Waals surface area contributed by atoms with Crippen molar-refractivity contribution in [3.05, 3.63) is 24.3 Å². The van der Waals surface area contributed by atoms with Gasteiger partial charge in [0.15, 0.2) is 0 Å². The van der Waals surface area contributed by atoms with Crippen molar-refractivity contribution in [1.29, 1.82) is 0 Å². The predicted molar refractivity (Wildman–Crippen MR) is 73.8 cm³/mol. The Morgan fingerprint density at radius 1 is 0.762 bits per heavy atom. The highest BCUT2D eigenvalue weighted by atomic mass is 16.8. The molecule has 2 aliphatic heterocycles. The molecule has 0 aromatic rings. The first kappa shape index (κ1) is 15.1. The van der Waals surface area contributed by atoms with E-state index < -0.39 is 22.8 Å². The first-order chi connectivity index (χ1) is 10.0. The SMILES string of the molecule is COC1(C)COC12C=C[C@@]1(OC)OCCO[C@]1(OC)C=C2. The number of methoxy groups -OCH3 is 3. The molecule has 2 fully saturated rings. The average molecular weight is 298 g/mol. The average Bonchev–Trinajstić information content (AvgIpc) is 2.70. The normalized spacial score (nSPS) is 44.2. The largest absolute Gasteiger partial charge is 0.372 e. The van der Waals surface area contributed by atoms with E-state index in [1.54, 1.807) is 33.5 Å². The van der Waals surface area contributed by atoms with Gasteiger partial charge in [0, 0.05) is 21.3 Å². The third kappa shape index (κ3) is 1.81. The highest BCUT2D eigenvalue weighted by Gasteiger charge is 2.62. The minimum absolute atomic E-state index is 0.423. The van der Waals surface area contributed by atoms with Crippen LogP contribution >= 0.6 is 0 Å². The summed E-state index contributed by atoms with van der Waals surface area (Å²) in [6, 6.07) is 0. The van der Waals surface area contributed by atoms with E-state index >= 15 is 0 Å². The molecule has 21 heavy (non-hydrogen) atoms. The minimum atomic E-state index is -1.15. The Bertz CT molecular complexity index is 441. The fraction of sp³-hybridized carbons (Fsp3) is 0.733. The van der Waals surface area contributed by atoms with Gasteiger partial charge in [-0.2, -0.15) is 0 Å². The highest BCUT2D eigenvalue weighted by Crippen LogP contribution is 2.47. The van der Waals surface area contributed by atoms with Gasteiger partial charge in [0.05, 0.1) is 19.8 Å². The number of ether oxygens (including phenoxy) is 6. The Hall–Kier alpha value is -0.760. The molecular formula is C15H22O6. The van der Waals surface area contributed by atoms with Crippen molar-refractivity contribution in [2.24, 2.45) is 0 Å². The highest BCUT2D eigenvalue weighted by molar-refractivity contribution is 5.35. The van der Waals surface area contributed by atoms with Gasteiger partial charge in [-0.1, -0.05) is 0 Å². The van der Waals surface area contributed by atoms with E-state index in [2.05, 4.69) is 0 Å². The summed E-state index contributed by atoms with van der Waals surface area (Å²) >= 11 is 0. The molecule has 6 heteroatoms. The van der Waals surface area contributed by atoms with Gasteiger partial charge in [0.2, 0.25) is 11.6 Å². The molecule has 0 N–H and O–H groups in total. The van der Waals surface area contributed by atoms with E-state index in [4.69, 9.17) is 28.4 Å². The van der Waals surface area contributed by atoms with Crippen LogP contribution in [0.1, 0.15) is 6.92 Å². The van der Waals surface area contributed by atoms with Crippen LogP contribution in [0.2, 0.25) is 0 Å². The molecule has 1 unspecified atom stereocenters. The quantitative estimate of drug-likeness (QED) is 0.725. The molecule has 3 rings (SSSR count). The van der Waals surface area contributed by atoms with Gasteiger partial charge in [0.25, 0.3) is 0 Å². The van der Waals surface area contributed by atoms with E-state index in [0.717, 1.165) is 0 Å². The monoisotopic (exact) mass is 298 g/mol. The molecule has 1 aliphatic carbocycles. The molecule has 0 bridgehead atoms. The van der Waals surface area contributed by atoms with Crippen molar-refractivity contribution < 1.29 is 28.4 Å². The van der Waals surface area contributed by atoms with Crippen LogP contribution in [0.4, 0.5) is 0 Å². The Kier molecular flexibility index (Phi) is 3.52. The van der Waals surface area contributed by atoms with E-state index in [-0.39, 0.29) is 0 Å². The molecule has 3 aliphatic rings. The predicted octanol–water partition coefficient (Wildman–Crippen LogP) is 1.02. The lowest BCUT2D eigenvalue weighted by Crippen LogP contribution is -2.65. The molecule has 3 atom stereocenters. The summed E-state index contributed by atoms with van der Waals surface area (Å²) in [5.74, 6) is -2.29. The van der Waals surface area contributed by atoms with Gasteiger partial charge in [0.1, 0.15) is 11.2 Å². The summed E-state index contributed by atoms with van der Waals surface area (Å²) in [4.78, 5) is 0. The van der Waals surface area contributed by atoms with Gasteiger partial charge in [-0.25, -0.2) is 0 Å². The second kappa shape index (κ2) is 4.87. The fourth-order valence-corrected chi connectivity index (χ4v) is 3.09. The molecule has 0 saturated carbocycles. The van der Waals surface area contributed by atoms with Gasteiger partial charge in [-0.3, -0.25) is 0 Å². The minimum Gasteiger partial charge on any atom is -0.372 e. The Balaban J connectivity index is 2.07. The molecule has 0 radical (unpaired) electrons. The number of fused-ring (bicyclic) bond motifs is 1. The van der Waals surface area contributed by atoms with Crippen molar-refractivity contribution in [3.63, 3.8) is 0 Å². The molecule has 2 heterocycles. The maximum atomic E-state index is 5.85. The van der Waals surface area contributed by atoms with Crippen LogP contribution in [0.5, 0.6) is 0 Å². The van der Waals surface area contributed by atoms with E-state index in [1.165, 1.54) is 0 Å². The number of hydrogen-bond acceptors (Lipinski definition) is 6. The smallest absolute Gasteiger partial charge is 0.248 e. The second-order valence-corrected chi connectivity index (χ2v) is 5.62. The van der Waals surface area contributed by atoms with Crippen LogP contribution in [-0.4, -0.2) is 63.9 Å². The molecule has 0 amide bonds. The lowest BCUT2D eigenvalue weighted by atomic mass is 9.78. The maximum absolute atomic E-state index is 5.85. The van der Waals surface area contributed by atoms with Crippen LogP contribution in [0.3, 0.4) is 0 Å². The van der Waals surface area contributed by atoms with Crippen molar-refractivity contribution >= 4 is 0 Å². The third-order valence-corrected chi connectivity index (χ3v) is 4.77. The van der Waals surface area contributed by atoms with Crippen molar-refractivity contribution in [2.45, 2.75) is 29.7 Å². The second-order valence-electron chi connectivity index (χ2n) is 5.62. The molecule has 1 spiro atoms. The van der Waals surface area contributed by atoms with Crippen molar-refractivity contribution in [1.82, 2.24) is 0 Å². The fourth-order valence-electron chi connectivity index (χ4n) is 3.09. The number of hydrogen-bond donors (Lipinski definition) is 0. The van der Waals surface area contributed by atoms with Gasteiger partial charge in [-0.15, -0.1) is 0 Å². The number of rotatable bonds is 3. The zero-order chi connectivity index (χ0) is 15.2. The van der Waals surface area contributed by atoms with Gasteiger partial charge in [-0.05, 0) is 31.2 Å². The van der Waals surface area contributed by atoms with Gasteiger partial charge < -0.3 is 28.4 Å². The third-order valence-electron chi connectivity index (χ3n) is 4.77. The zero-order valence-electron chi connectivity index (χ0n) is 12.9. The molecule has 118 valence electrons.